The molecule has 0 radical (unpaired) electrons. The van der Waals surface area contributed by atoms with Crippen LogP contribution >= 0.6 is 0 Å². The van der Waals surface area contributed by atoms with Crippen LogP contribution in [0, 0.1) is 0 Å². The van der Waals surface area contributed by atoms with E-state index in [9.17, 15) is 0 Å². The largest absolute Gasteiger partial charge is 0.456 e. The predicted octanol–water partition coefficient (Wildman–Crippen LogP) is 9.46. The second kappa shape index (κ2) is 6.49. The quantitative estimate of drug-likeness (QED) is 0.240. The van der Waals surface area contributed by atoms with Gasteiger partial charge < -0.3 is 8.83 Å². The van der Waals surface area contributed by atoms with Crippen LogP contribution in [0.15, 0.2) is 118 Å². The maximum atomic E-state index is 6.30. The van der Waals surface area contributed by atoms with E-state index in [0.717, 1.165) is 43.9 Å². The van der Waals surface area contributed by atoms with Gasteiger partial charge in [0.2, 0.25) is 0 Å². The van der Waals surface area contributed by atoms with Crippen LogP contribution in [0.4, 0.5) is 0 Å². The molecule has 0 fully saturated rings. The van der Waals surface area contributed by atoms with Crippen molar-refractivity contribution in [2.24, 2.45) is 0 Å². The third-order valence-electron chi connectivity index (χ3n) is 7.03. The molecule has 8 rings (SSSR count). The van der Waals surface area contributed by atoms with Gasteiger partial charge in [0.15, 0.2) is 0 Å². The summed E-state index contributed by atoms with van der Waals surface area (Å²) in [5.41, 5.74) is 6.00. The molecule has 0 aliphatic heterocycles. The van der Waals surface area contributed by atoms with Crippen LogP contribution in [-0.4, -0.2) is 0 Å². The van der Waals surface area contributed by atoms with E-state index in [4.69, 9.17) is 8.83 Å². The molecule has 0 N–H and O–H groups in total. The maximum Gasteiger partial charge on any atom is 0.136 e. The van der Waals surface area contributed by atoms with Gasteiger partial charge in [0.05, 0.1) is 0 Å². The fraction of sp³-hybridized carbons (Fsp3) is 0. The Hall–Kier alpha value is -4.56. The van der Waals surface area contributed by atoms with Crippen LogP contribution in [0.3, 0.4) is 0 Å². The first-order chi connectivity index (χ1) is 16.8. The first-order valence-electron chi connectivity index (χ1n) is 11.5. The van der Waals surface area contributed by atoms with Crippen molar-refractivity contribution in [3.8, 4) is 11.1 Å². The van der Waals surface area contributed by atoms with Crippen LogP contribution in [0.5, 0.6) is 0 Å². The van der Waals surface area contributed by atoms with Crippen LogP contribution in [-0.2, 0) is 0 Å². The maximum absolute atomic E-state index is 6.30. The summed E-state index contributed by atoms with van der Waals surface area (Å²) in [5, 5.41) is 9.47. The van der Waals surface area contributed by atoms with Gasteiger partial charge in [0, 0.05) is 21.5 Å². The SMILES string of the molecule is c1ccc2c(-c3ccc4oc5ccc6oc7ccccc7c6c5c4c3)c3ccccc3cc2c1. The van der Waals surface area contributed by atoms with E-state index in [1.165, 1.54) is 32.7 Å². The number of benzene rings is 6. The zero-order valence-electron chi connectivity index (χ0n) is 18.2. The highest BCUT2D eigenvalue weighted by atomic mass is 16.3. The monoisotopic (exact) mass is 434 g/mol. The van der Waals surface area contributed by atoms with E-state index < -0.39 is 0 Å². The Balaban J connectivity index is 1.54. The molecule has 0 saturated carbocycles. The van der Waals surface area contributed by atoms with E-state index >= 15 is 0 Å². The lowest BCUT2D eigenvalue weighted by molar-refractivity contribution is 0.663. The molecule has 2 aromatic heterocycles. The van der Waals surface area contributed by atoms with Crippen molar-refractivity contribution in [3.05, 3.63) is 109 Å². The molecule has 0 unspecified atom stereocenters. The van der Waals surface area contributed by atoms with Crippen LogP contribution < -0.4 is 0 Å². The fourth-order valence-electron chi connectivity index (χ4n) is 5.56. The summed E-state index contributed by atoms with van der Waals surface area (Å²) in [5.74, 6) is 0. The predicted molar refractivity (Wildman–Crippen MR) is 141 cm³/mol. The van der Waals surface area contributed by atoms with Crippen LogP contribution in [0.1, 0.15) is 0 Å². The highest BCUT2D eigenvalue weighted by Gasteiger charge is 2.17. The van der Waals surface area contributed by atoms with Gasteiger partial charge in [-0.3, -0.25) is 0 Å². The Morgan fingerprint density at radius 3 is 1.62 bits per heavy atom. The number of fused-ring (bicyclic) bond motifs is 9. The lowest BCUT2D eigenvalue weighted by Gasteiger charge is -2.12. The van der Waals surface area contributed by atoms with Crippen molar-refractivity contribution in [2.75, 3.05) is 0 Å². The molecule has 6 aromatic carbocycles. The van der Waals surface area contributed by atoms with E-state index in [1.54, 1.807) is 0 Å². The topological polar surface area (TPSA) is 26.3 Å². The summed E-state index contributed by atoms with van der Waals surface area (Å²) in [4.78, 5) is 0. The molecule has 0 aliphatic carbocycles. The summed E-state index contributed by atoms with van der Waals surface area (Å²) in [6, 6.07) is 38.4. The standard InChI is InChI=1S/C32H18O2/c1-3-9-22-19(7-1)17-20-8-2-4-10-23(20)30(22)21-13-14-27-25(18-21)32-29(34-27)16-15-28-31(32)24-11-5-6-12-26(24)33-28/h1-18H. The molecule has 0 atom stereocenters. The summed E-state index contributed by atoms with van der Waals surface area (Å²) in [7, 11) is 0. The summed E-state index contributed by atoms with van der Waals surface area (Å²) < 4.78 is 12.5. The van der Waals surface area contributed by atoms with Crippen LogP contribution in [0.25, 0.3) is 76.5 Å². The highest BCUT2D eigenvalue weighted by Crippen LogP contribution is 2.43. The molecule has 0 saturated heterocycles. The lowest BCUT2D eigenvalue weighted by atomic mass is 9.91. The summed E-state index contributed by atoms with van der Waals surface area (Å²) >= 11 is 0. The minimum atomic E-state index is 0.883. The zero-order valence-corrected chi connectivity index (χ0v) is 18.2. The molecule has 0 aliphatic rings. The smallest absolute Gasteiger partial charge is 0.136 e. The van der Waals surface area contributed by atoms with Gasteiger partial charge in [-0.2, -0.15) is 0 Å². The second-order valence-corrected chi connectivity index (χ2v) is 8.92. The minimum absolute atomic E-state index is 0.883. The van der Waals surface area contributed by atoms with Gasteiger partial charge in [0.1, 0.15) is 22.3 Å². The third kappa shape index (κ3) is 2.35. The number of rotatable bonds is 1. The van der Waals surface area contributed by atoms with Crippen molar-refractivity contribution in [3.63, 3.8) is 0 Å². The highest BCUT2D eigenvalue weighted by molar-refractivity contribution is 6.26. The molecule has 0 amide bonds. The van der Waals surface area contributed by atoms with Gasteiger partial charge in [0.25, 0.3) is 0 Å². The Labute approximate surface area is 194 Å². The van der Waals surface area contributed by atoms with Gasteiger partial charge in [-0.15, -0.1) is 0 Å². The molecular weight excluding hydrogens is 416 g/mol. The minimum Gasteiger partial charge on any atom is -0.456 e. The van der Waals surface area contributed by atoms with Crippen molar-refractivity contribution >= 4 is 65.4 Å². The Morgan fingerprint density at radius 1 is 0.382 bits per heavy atom. The lowest BCUT2D eigenvalue weighted by Crippen LogP contribution is -1.85. The zero-order chi connectivity index (χ0) is 22.2. The fourth-order valence-corrected chi connectivity index (χ4v) is 5.56. The van der Waals surface area contributed by atoms with E-state index in [0.29, 0.717) is 0 Å². The van der Waals surface area contributed by atoms with Gasteiger partial charge in [-0.25, -0.2) is 0 Å². The third-order valence-corrected chi connectivity index (χ3v) is 7.03. The molecule has 0 spiro atoms. The normalized spacial score (nSPS) is 12.1. The van der Waals surface area contributed by atoms with E-state index in [1.807, 2.05) is 24.3 Å². The number of furan rings is 2. The number of hydrogen-bond acceptors (Lipinski definition) is 2. The summed E-state index contributed by atoms with van der Waals surface area (Å²) in [6.45, 7) is 0. The molecule has 8 aromatic rings. The number of hydrogen-bond donors (Lipinski definition) is 0. The molecule has 158 valence electrons. The summed E-state index contributed by atoms with van der Waals surface area (Å²) in [6.07, 6.45) is 0. The molecule has 2 heteroatoms. The van der Waals surface area contributed by atoms with Crippen molar-refractivity contribution in [2.45, 2.75) is 0 Å². The molecule has 0 bridgehead atoms. The van der Waals surface area contributed by atoms with Crippen molar-refractivity contribution < 1.29 is 8.83 Å². The Morgan fingerprint density at radius 2 is 0.912 bits per heavy atom. The van der Waals surface area contributed by atoms with Gasteiger partial charge in [-0.05, 0) is 69.1 Å². The molecule has 2 heterocycles. The number of para-hydroxylation sites is 1. The van der Waals surface area contributed by atoms with E-state index in [-0.39, 0.29) is 0 Å². The molecule has 2 nitrogen and oxygen atoms in total. The van der Waals surface area contributed by atoms with Crippen molar-refractivity contribution in [1.29, 1.82) is 0 Å². The van der Waals surface area contributed by atoms with Gasteiger partial charge in [-0.1, -0.05) is 72.8 Å². The molecule has 34 heavy (non-hydrogen) atoms. The second-order valence-electron chi connectivity index (χ2n) is 8.92. The average molecular weight is 434 g/mol. The van der Waals surface area contributed by atoms with Crippen LogP contribution in [0.2, 0.25) is 0 Å². The Bertz CT molecular complexity index is 2020. The Kier molecular flexibility index (Phi) is 3.42. The first kappa shape index (κ1) is 17.9. The first-order valence-corrected chi connectivity index (χ1v) is 11.5. The van der Waals surface area contributed by atoms with Crippen molar-refractivity contribution in [1.82, 2.24) is 0 Å². The van der Waals surface area contributed by atoms with Gasteiger partial charge >= 0.3 is 0 Å². The van der Waals surface area contributed by atoms with E-state index in [2.05, 4.69) is 84.9 Å². The average Bonchev–Trinajstić information content (AvgIpc) is 3.44. The molecular formula is C32H18O2.